The predicted molar refractivity (Wildman–Crippen MR) is 106 cm³/mol. The Morgan fingerprint density at radius 3 is 2.64 bits per heavy atom. The van der Waals surface area contributed by atoms with Crippen LogP contribution in [0.5, 0.6) is 5.75 Å². The van der Waals surface area contributed by atoms with Crippen molar-refractivity contribution in [3.8, 4) is 5.75 Å². The Bertz CT molecular complexity index is 1040. The maximum absolute atomic E-state index is 13.7. The number of nitrogens with one attached hydrogen (secondary N) is 1. The van der Waals surface area contributed by atoms with Crippen LogP contribution in [0.4, 0.5) is 10.1 Å². The summed E-state index contributed by atoms with van der Waals surface area (Å²) in [6.45, 7) is 3.55. The van der Waals surface area contributed by atoms with Gasteiger partial charge in [0.2, 0.25) is 5.78 Å². The zero-order chi connectivity index (χ0) is 20.3. The lowest BCUT2D eigenvalue weighted by molar-refractivity contribution is -0.135. The number of carbonyl (C=O) groups excluding carboxylic acids is 2. The van der Waals surface area contributed by atoms with E-state index in [1.54, 1.807) is 26.1 Å². The van der Waals surface area contributed by atoms with Gasteiger partial charge in [-0.2, -0.15) is 0 Å². The smallest absolute Gasteiger partial charge is 0.291 e. The highest BCUT2D eigenvalue weighted by Crippen LogP contribution is 2.35. The average molecular weight is 380 g/mol. The number of amides is 1. The van der Waals surface area contributed by atoms with Gasteiger partial charge in [-0.05, 0) is 30.3 Å². The fourth-order valence-corrected chi connectivity index (χ4v) is 3.18. The third kappa shape index (κ3) is 4.01. The Morgan fingerprint density at radius 1 is 1.14 bits per heavy atom. The zero-order valence-corrected chi connectivity index (χ0v) is 16.0. The van der Waals surface area contributed by atoms with Crippen LogP contribution in [0.2, 0.25) is 0 Å². The quantitative estimate of drug-likeness (QED) is 0.649. The van der Waals surface area contributed by atoms with Gasteiger partial charge in [0.1, 0.15) is 11.6 Å². The predicted octanol–water partition coefficient (Wildman–Crippen LogP) is 4.26. The summed E-state index contributed by atoms with van der Waals surface area (Å²) in [6, 6.07) is 13.1. The van der Waals surface area contributed by atoms with Crippen LogP contribution in [0, 0.1) is 5.82 Å². The maximum atomic E-state index is 13.7. The number of halogens is 1. The number of para-hydroxylation sites is 1. The Morgan fingerprint density at radius 2 is 1.89 bits per heavy atom. The number of ether oxygens (including phenoxy) is 1. The number of benzene rings is 2. The first-order chi connectivity index (χ1) is 13.3. The molecule has 0 saturated carbocycles. The molecule has 0 spiro atoms. The molecule has 0 aliphatic carbocycles. The maximum Gasteiger partial charge on any atom is 0.291 e. The summed E-state index contributed by atoms with van der Waals surface area (Å²) in [4.78, 5) is 29.3. The first kappa shape index (κ1) is 19.5. The second-order valence-electron chi connectivity index (χ2n) is 7.16. The van der Waals surface area contributed by atoms with Crippen molar-refractivity contribution in [1.29, 1.82) is 0 Å². The number of methoxy groups -OCH3 is 1. The molecule has 28 heavy (non-hydrogen) atoms. The fourth-order valence-electron chi connectivity index (χ4n) is 3.18. The Kier molecular flexibility index (Phi) is 5.40. The molecule has 0 aliphatic rings. The van der Waals surface area contributed by atoms with Gasteiger partial charge >= 0.3 is 0 Å². The molecule has 0 saturated heterocycles. The molecule has 1 amide bonds. The number of fused-ring (bicyclic) bond motifs is 1. The molecule has 0 bridgehead atoms. The van der Waals surface area contributed by atoms with E-state index >= 15 is 0 Å². The molecular weight excluding hydrogens is 359 g/mol. The normalized spacial score (nSPS) is 11.3. The number of pyridine rings is 1. The molecule has 1 heterocycles. The highest BCUT2D eigenvalue weighted by Gasteiger charge is 2.30. The molecule has 0 aliphatic heterocycles. The van der Waals surface area contributed by atoms with E-state index in [2.05, 4.69) is 10.3 Å². The molecule has 2 aromatic carbocycles. The van der Waals surface area contributed by atoms with Crippen molar-refractivity contribution in [3.05, 3.63) is 66.1 Å². The summed E-state index contributed by atoms with van der Waals surface area (Å²) in [5, 5.41) is 3.41. The second-order valence-corrected chi connectivity index (χ2v) is 7.16. The minimum atomic E-state index is -0.790. The van der Waals surface area contributed by atoms with Gasteiger partial charge in [0, 0.05) is 29.0 Å². The van der Waals surface area contributed by atoms with Crippen LogP contribution in [0.25, 0.3) is 10.9 Å². The molecule has 6 heteroatoms. The molecule has 144 valence electrons. The van der Waals surface area contributed by atoms with Crippen molar-refractivity contribution in [3.63, 3.8) is 0 Å². The number of nitrogens with zero attached hydrogens (tertiary/aromatic N) is 1. The molecule has 0 radical (unpaired) electrons. The number of hydrogen-bond donors (Lipinski definition) is 1. The van der Waals surface area contributed by atoms with Crippen LogP contribution in [0.1, 0.15) is 25.8 Å². The molecule has 1 aromatic heterocycles. The second kappa shape index (κ2) is 7.76. The Hall–Kier alpha value is -3.28. The van der Waals surface area contributed by atoms with E-state index in [9.17, 15) is 14.0 Å². The molecule has 1 N–H and O–H groups in total. The number of Topliss-reactive ketones (excluding diaryl/α,β-unsaturated/α-hetero) is 1. The molecule has 0 fully saturated rings. The number of rotatable bonds is 6. The highest BCUT2D eigenvalue weighted by molar-refractivity contribution is 6.41. The van der Waals surface area contributed by atoms with E-state index in [0.29, 0.717) is 17.0 Å². The van der Waals surface area contributed by atoms with E-state index in [4.69, 9.17) is 4.74 Å². The van der Waals surface area contributed by atoms with Gasteiger partial charge in [-0.15, -0.1) is 0 Å². The van der Waals surface area contributed by atoms with Gasteiger partial charge in [-0.3, -0.25) is 14.6 Å². The van der Waals surface area contributed by atoms with E-state index in [-0.39, 0.29) is 6.42 Å². The Balaban J connectivity index is 1.80. The van der Waals surface area contributed by atoms with Crippen LogP contribution in [-0.4, -0.2) is 23.8 Å². The SMILES string of the molecule is COc1ccc(F)cc1C(C)(C)CC(=O)C(=O)Nc1ccnc2ccccc12. The summed E-state index contributed by atoms with van der Waals surface area (Å²) in [5.41, 5.74) is 0.982. The van der Waals surface area contributed by atoms with Gasteiger partial charge in [0.05, 0.1) is 18.3 Å². The number of hydrogen-bond acceptors (Lipinski definition) is 4. The number of carbonyl (C=O) groups is 2. The number of aromatic nitrogens is 1. The summed E-state index contributed by atoms with van der Waals surface area (Å²) in [7, 11) is 1.48. The van der Waals surface area contributed by atoms with Crippen LogP contribution >= 0.6 is 0 Å². The van der Waals surface area contributed by atoms with E-state index in [1.807, 2.05) is 24.3 Å². The summed E-state index contributed by atoms with van der Waals surface area (Å²) in [6.07, 6.45) is 1.48. The zero-order valence-electron chi connectivity index (χ0n) is 16.0. The highest BCUT2D eigenvalue weighted by atomic mass is 19.1. The molecular formula is C22H21FN2O3. The molecule has 0 unspecified atom stereocenters. The lowest BCUT2D eigenvalue weighted by Gasteiger charge is -2.26. The average Bonchev–Trinajstić information content (AvgIpc) is 2.68. The van der Waals surface area contributed by atoms with Crippen molar-refractivity contribution in [2.45, 2.75) is 25.7 Å². The third-order valence-electron chi connectivity index (χ3n) is 4.64. The lowest BCUT2D eigenvalue weighted by atomic mass is 9.79. The van der Waals surface area contributed by atoms with Crippen LogP contribution < -0.4 is 10.1 Å². The molecule has 0 atom stereocenters. The van der Waals surface area contributed by atoms with Crippen molar-refractivity contribution < 1.29 is 18.7 Å². The lowest BCUT2D eigenvalue weighted by Crippen LogP contribution is -2.30. The summed E-state index contributed by atoms with van der Waals surface area (Å²) < 4.78 is 19.0. The fraction of sp³-hybridized carbons (Fsp3) is 0.227. The summed E-state index contributed by atoms with van der Waals surface area (Å²) >= 11 is 0. The van der Waals surface area contributed by atoms with Gasteiger partial charge in [-0.1, -0.05) is 32.0 Å². The van der Waals surface area contributed by atoms with Gasteiger partial charge in [0.25, 0.3) is 5.91 Å². The number of ketones is 1. The van der Waals surface area contributed by atoms with E-state index < -0.39 is 22.9 Å². The van der Waals surface area contributed by atoms with Crippen molar-refractivity contribution >= 4 is 28.3 Å². The largest absolute Gasteiger partial charge is 0.496 e. The van der Waals surface area contributed by atoms with Crippen LogP contribution in [0.15, 0.2) is 54.7 Å². The minimum absolute atomic E-state index is 0.0956. The van der Waals surface area contributed by atoms with Gasteiger partial charge in [0.15, 0.2) is 0 Å². The molecule has 5 nitrogen and oxygen atoms in total. The third-order valence-corrected chi connectivity index (χ3v) is 4.64. The number of anilines is 1. The standard InChI is InChI=1S/C22H21FN2O3/c1-22(2,16-12-14(23)8-9-20(16)28-3)13-19(26)21(27)25-18-10-11-24-17-7-5-4-6-15(17)18/h4-12H,13H2,1-3H3,(H,24,25,27). The summed E-state index contributed by atoms with van der Waals surface area (Å²) in [5.74, 6) is -1.28. The molecule has 3 rings (SSSR count). The van der Waals surface area contributed by atoms with Crippen LogP contribution in [0.3, 0.4) is 0 Å². The van der Waals surface area contributed by atoms with Crippen molar-refractivity contribution in [1.82, 2.24) is 4.98 Å². The molecule has 3 aromatic rings. The first-order valence-corrected chi connectivity index (χ1v) is 8.84. The van der Waals surface area contributed by atoms with Crippen molar-refractivity contribution in [2.75, 3.05) is 12.4 Å². The van der Waals surface area contributed by atoms with Gasteiger partial charge in [-0.25, -0.2) is 4.39 Å². The van der Waals surface area contributed by atoms with Crippen LogP contribution in [-0.2, 0) is 15.0 Å². The topological polar surface area (TPSA) is 68.3 Å². The van der Waals surface area contributed by atoms with E-state index in [1.165, 1.54) is 25.3 Å². The minimum Gasteiger partial charge on any atom is -0.496 e. The Labute approximate surface area is 162 Å². The van der Waals surface area contributed by atoms with Gasteiger partial charge < -0.3 is 10.1 Å². The van der Waals surface area contributed by atoms with E-state index in [0.717, 1.165) is 10.9 Å². The first-order valence-electron chi connectivity index (χ1n) is 8.84. The van der Waals surface area contributed by atoms with Crippen molar-refractivity contribution in [2.24, 2.45) is 0 Å². The monoisotopic (exact) mass is 380 g/mol.